The monoisotopic (exact) mass is 461 g/mol. The van der Waals surface area contributed by atoms with Crippen molar-refractivity contribution >= 4 is 27.5 Å². The molecule has 6 nitrogen and oxygen atoms in total. The third kappa shape index (κ3) is 5.18. The van der Waals surface area contributed by atoms with E-state index < -0.39 is 15.3 Å². The third-order valence-corrected chi connectivity index (χ3v) is 7.60. The van der Waals surface area contributed by atoms with Crippen molar-refractivity contribution in [1.29, 1.82) is 0 Å². The van der Waals surface area contributed by atoms with Gasteiger partial charge in [-0.2, -0.15) is 18.3 Å². The van der Waals surface area contributed by atoms with Crippen LogP contribution < -0.4 is 0 Å². The molecule has 1 aliphatic heterocycles. The van der Waals surface area contributed by atoms with Gasteiger partial charge in [0.2, 0.25) is 0 Å². The number of carbonyl (C=O) groups is 1. The van der Waals surface area contributed by atoms with Gasteiger partial charge in [0.1, 0.15) is 0 Å². The van der Waals surface area contributed by atoms with Crippen molar-refractivity contribution in [3.8, 4) is 0 Å². The highest BCUT2D eigenvalue weighted by atomic mass is 32.2. The Bertz CT molecular complexity index is 1050. The van der Waals surface area contributed by atoms with Crippen molar-refractivity contribution in [2.24, 2.45) is 0 Å². The van der Waals surface area contributed by atoms with Crippen LogP contribution in [0.4, 0.5) is 13.2 Å². The van der Waals surface area contributed by atoms with Crippen LogP contribution in [0, 0.1) is 13.8 Å². The first-order chi connectivity index (χ1) is 13.9. The number of aromatic nitrogens is 2. The summed E-state index contributed by atoms with van der Waals surface area (Å²) in [6.07, 6.45) is 0.515. The van der Waals surface area contributed by atoms with Gasteiger partial charge in [0.15, 0.2) is 9.84 Å². The zero-order valence-corrected chi connectivity index (χ0v) is 18.4. The summed E-state index contributed by atoms with van der Waals surface area (Å²) in [4.78, 5) is 14.2. The van der Waals surface area contributed by atoms with Crippen molar-refractivity contribution < 1.29 is 26.4 Å². The fourth-order valence-corrected chi connectivity index (χ4v) is 5.81. The van der Waals surface area contributed by atoms with E-state index >= 15 is 0 Å². The Balaban J connectivity index is 1.73. The Kier molecular flexibility index (Phi) is 6.24. The maximum atomic E-state index is 12.7. The van der Waals surface area contributed by atoms with Gasteiger partial charge in [0.25, 0.3) is 5.91 Å². The second-order valence-electron chi connectivity index (χ2n) is 7.38. The smallest absolute Gasteiger partial charge is 0.337 e. The molecule has 1 aromatic heterocycles. The predicted molar refractivity (Wildman–Crippen MR) is 108 cm³/mol. The number of nitrogens with zero attached hydrogens (tertiary/aromatic N) is 3. The molecule has 3 rings (SSSR count). The Labute approximate surface area is 177 Å². The molecule has 11 heteroatoms. The molecular formula is C19H22F3N3O3S2. The second-order valence-corrected chi connectivity index (χ2v) is 10.8. The average molecular weight is 462 g/mol. The van der Waals surface area contributed by atoms with E-state index in [1.54, 1.807) is 11.7 Å². The highest BCUT2D eigenvalue weighted by Crippen LogP contribution is 2.36. The molecule has 2 aromatic rings. The minimum Gasteiger partial charge on any atom is -0.337 e. The van der Waals surface area contributed by atoms with Gasteiger partial charge in [-0.25, -0.2) is 8.42 Å². The SMILES string of the molecule is Cc1nn(C2CCS(=O)(=O)C2)c(C)c1CN(C)C(=O)c1ccc(SC(F)(F)F)cc1. The summed E-state index contributed by atoms with van der Waals surface area (Å²) in [6.45, 7) is 3.92. The first-order valence-corrected chi connectivity index (χ1v) is 11.9. The Morgan fingerprint density at radius 3 is 2.43 bits per heavy atom. The van der Waals surface area contributed by atoms with Gasteiger partial charge in [-0.1, -0.05) is 0 Å². The highest BCUT2D eigenvalue weighted by molar-refractivity contribution is 8.00. The number of hydrogen-bond donors (Lipinski definition) is 0. The van der Waals surface area contributed by atoms with E-state index in [9.17, 15) is 26.4 Å². The van der Waals surface area contributed by atoms with Crippen molar-refractivity contribution in [2.75, 3.05) is 18.6 Å². The number of halogens is 3. The lowest BCUT2D eigenvalue weighted by Gasteiger charge is -2.18. The largest absolute Gasteiger partial charge is 0.446 e. The highest BCUT2D eigenvalue weighted by Gasteiger charge is 2.32. The second kappa shape index (κ2) is 8.26. The summed E-state index contributed by atoms with van der Waals surface area (Å²) in [5.74, 6) is -0.119. The number of amides is 1. The van der Waals surface area contributed by atoms with Gasteiger partial charge in [-0.3, -0.25) is 9.48 Å². The van der Waals surface area contributed by atoms with Crippen LogP contribution in [0.25, 0.3) is 0 Å². The molecule has 0 radical (unpaired) electrons. The number of sulfone groups is 1. The van der Waals surface area contributed by atoms with E-state index in [1.165, 1.54) is 29.2 Å². The van der Waals surface area contributed by atoms with Crippen LogP contribution in [0.2, 0.25) is 0 Å². The van der Waals surface area contributed by atoms with E-state index in [2.05, 4.69) is 5.10 Å². The van der Waals surface area contributed by atoms with E-state index in [-0.39, 0.29) is 52.2 Å². The first-order valence-electron chi connectivity index (χ1n) is 9.22. The van der Waals surface area contributed by atoms with Crippen LogP contribution in [0.1, 0.15) is 39.8 Å². The summed E-state index contributed by atoms with van der Waals surface area (Å²) in [7, 11) is -1.44. The van der Waals surface area contributed by atoms with Crippen LogP contribution in [-0.4, -0.2) is 53.1 Å². The molecule has 1 unspecified atom stereocenters. The number of rotatable bonds is 5. The van der Waals surface area contributed by atoms with Crippen LogP contribution in [0.3, 0.4) is 0 Å². The summed E-state index contributed by atoms with van der Waals surface area (Å²) in [6, 6.07) is 5.09. The third-order valence-electron chi connectivity index (χ3n) is 5.11. The number of aryl methyl sites for hydroxylation is 1. The van der Waals surface area contributed by atoms with Gasteiger partial charge in [0, 0.05) is 35.3 Å². The number of hydrogen-bond acceptors (Lipinski definition) is 5. The standard InChI is InChI=1S/C19H22F3N3O3S2/c1-12-17(13(2)25(23-12)15-8-9-30(27,28)11-15)10-24(3)18(26)14-4-6-16(7-5-14)29-19(20,21)22/h4-7,15H,8-11H2,1-3H3. The Morgan fingerprint density at radius 2 is 1.90 bits per heavy atom. The summed E-state index contributed by atoms with van der Waals surface area (Å²) in [5.41, 5.74) is -1.73. The molecule has 1 aromatic carbocycles. The topological polar surface area (TPSA) is 72.3 Å². The first kappa shape index (κ1) is 22.7. The van der Waals surface area contributed by atoms with E-state index in [4.69, 9.17) is 0 Å². The molecule has 1 atom stereocenters. The molecule has 0 saturated carbocycles. The summed E-state index contributed by atoms with van der Waals surface area (Å²) in [5, 5.41) is 4.49. The lowest BCUT2D eigenvalue weighted by atomic mass is 10.1. The zero-order valence-electron chi connectivity index (χ0n) is 16.7. The van der Waals surface area contributed by atoms with Crippen LogP contribution in [0.5, 0.6) is 0 Å². The minimum atomic E-state index is -4.38. The fraction of sp³-hybridized carbons (Fsp3) is 0.474. The molecule has 1 fully saturated rings. The van der Waals surface area contributed by atoms with Crippen molar-refractivity contribution in [3.63, 3.8) is 0 Å². The van der Waals surface area contributed by atoms with E-state index in [0.717, 1.165) is 11.3 Å². The van der Waals surface area contributed by atoms with Gasteiger partial charge in [0.05, 0.1) is 23.2 Å². The van der Waals surface area contributed by atoms with Gasteiger partial charge in [-0.15, -0.1) is 0 Å². The van der Waals surface area contributed by atoms with Crippen molar-refractivity contribution in [2.45, 2.75) is 43.3 Å². The van der Waals surface area contributed by atoms with E-state index in [0.29, 0.717) is 12.1 Å². The molecular weight excluding hydrogens is 439 g/mol. The van der Waals surface area contributed by atoms with Gasteiger partial charge < -0.3 is 4.90 Å². The summed E-state index contributed by atoms with van der Waals surface area (Å²) >= 11 is -0.228. The molecule has 1 amide bonds. The normalized spacial score (nSPS) is 18.5. The number of carbonyl (C=O) groups excluding carboxylic acids is 1. The van der Waals surface area contributed by atoms with Crippen LogP contribution in [0.15, 0.2) is 29.2 Å². The molecule has 164 valence electrons. The lowest BCUT2D eigenvalue weighted by Crippen LogP contribution is -2.26. The Morgan fingerprint density at radius 1 is 1.27 bits per heavy atom. The van der Waals surface area contributed by atoms with Gasteiger partial charge in [-0.05, 0) is 56.3 Å². The molecule has 0 N–H and O–H groups in total. The van der Waals surface area contributed by atoms with E-state index in [1.807, 2.05) is 13.8 Å². The molecule has 0 aliphatic carbocycles. The number of thioether (sulfide) groups is 1. The van der Waals surface area contributed by atoms with Crippen molar-refractivity contribution in [3.05, 3.63) is 46.8 Å². The maximum absolute atomic E-state index is 12.7. The molecule has 0 bridgehead atoms. The minimum absolute atomic E-state index is 0.0150. The quantitative estimate of drug-likeness (QED) is 0.635. The van der Waals surface area contributed by atoms with Crippen molar-refractivity contribution in [1.82, 2.24) is 14.7 Å². The fourth-order valence-electron chi connectivity index (χ4n) is 3.58. The van der Waals surface area contributed by atoms with Crippen LogP contribution in [-0.2, 0) is 16.4 Å². The number of alkyl halides is 3. The Hall–Kier alpha value is -2.01. The molecule has 1 saturated heterocycles. The maximum Gasteiger partial charge on any atom is 0.446 e. The van der Waals surface area contributed by atoms with Gasteiger partial charge >= 0.3 is 5.51 Å². The van der Waals surface area contributed by atoms with Crippen LogP contribution >= 0.6 is 11.8 Å². The summed E-state index contributed by atoms with van der Waals surface area (Å²) < 4.78 is 62.6. The molecule has 0 spiro atoms. The molecule has 30 heavy (non-hydrogen) atoms. The average Bonchev–Trinajstić information content (AvgIpc) is 3.13. The zero-order chi connectivity index (χ0) is 22.3. The predicted octanol–water partition coefficient (Wildman–Crippen LogP) is 3.74. The molecule has 2 heterocycles. The molecule has 1 aliphatic rings. The lowest BCUT2D eigenvalue weighted by molar-refractivity contribution is -0.0328. The number of benzene rings is 1.